The highest BCUT2D eigenvalue weighted by molar-refractivity contribution is 6.13. The summed E-state index contributed by atoms with van der Waals surface area (Å²) >= 11 is 0. The summed E-state index contributed by atoms with van der Waals surface area (Å²) in [4.78, 5) is 25.6. The van der Waals surface area contributed by atoms with Gasteiger partial charge >= 0.3 is 0 Å². The topological polar surface area (TPSA) is 88.7 Å². The fourth-order valence-electron chi connectivity index (χ4n) is 1.56. The number of pyridine rings is 1. The molecule has 7 nitrogen and oxygen atoms in total. The molecule has 0 bridgehead atoms. The number of nitrogens with zero attached hydrogens (tertiary/aromatic N) is 4. The number of amides is 1. The van der Waals surface area contributed by atoms with Crippen molar-refractivity contribution < 1.29 is 9.72 Å². The van der Waals surface area contributed by atoms with Crippen molar-refractivity contribution in [1.82, 2.24) is 4.98 Å². The van der Waals surface area contributed by atoms with Crippen LogP contribution in [-0.4, -0.2) is 21.5 Å². The van der Waals surface area contributed by atoms with E-state index in [1.165, 1.54) is 17.1 Å². The van der Waals surface area contributed by atoms with E-state index in [2.05, 4.69) is 10.1 Å². The van der Waals surface area contributed by atoms with Crippen LogP contribution in [0.15, 0.2) is 23.4 Å². The summed E-state index contributed by atoms with van der Waals surface area (Å²) in [5.41, 5.74) is 0.679. The summed E-state index contributed by atoms with van der Waals surface area (Å²) in [5.74, 6) is 0.332. The molecule has 0 radical (unpaired) electrons. The Labute approximate surface area is 103 Å². The number of aromatic nitrogens is 1. The van der Waals surface area contributed by atoms with E-state index in [4.69, 9.17) is 0 Å². The molecular weight excluding hydrogens is 236 g/mol. The molecule has 0 spiro atoms. The highest BCUT2D eigenvalue weighted by Crippen LogP contribution is 2.22. The Balaban J connectivity index is 2.26. The van der Waals surface area contributed by atoms with Gasteiger partial charge in [-0.1, -0.05) is 13.8 Å². The zero-order valence-corrected chi connectivity index (χ0v) is 10.0. The molecule has 0 saturated carbocycles. The Morgan fingerprint density at radius 1 is 1.44 bits per heavy atom. The number of anilines is 1. The number of hydrogen-bond acceptors (Lipinski definition) is 5. The van der Waals surface area contributed by atoms with Crippen molar-refractivity contribution in [3.63, 3.8) is 0 Å². The lowest BCUT2D eigenvalue weighted by Gasteiger charge is -2.09. The summed E-state index contributed by atoms with van der Waals surface area (Å²) in [6, 6.07) is 2.72. The van der Waals surface area contributed by atoms with E-state index in [9.17, 15) is 14.9 Å². The molecule has 1 aliphatic rings. The van der Waals surface area contributed by atoms with E-state index in [0.29, 0.717) is 5.82 Å². The molecule has 1 aromatic heterocycles. The van der Waals surface area contributed by atoms with Gasteiger partial charge in [0.15, 0.2) is 5.82 Å². The Kier molecular flexibility index (Phi) is 3.05. The first-order chi connectivity index (χ1) is 8.49. The maximum Gasteiger partial charge on any atom is 0.287 e. The molecule has 0 N–H and O–H groups in total. The molecule has 18 heavy (non-hydrogen) atoms. The number of hydrazone groups is 1. The number of hydrogen-bond donors (Lipinski definition) is 0. The van der Waals surface area contributed by atoms with Crippen LogP contribution < -0.4 is 5.01 Å². The van der Waals surface area contributed by atoms with Crippen molar-refractivity contribution in [3.05, 3.63) is 28.4 Å². The monoisotopic (exact) mass is 248 g/mol. The molecule has 1 aromatic rings. The zero-order valence-electron chi connectivity index (χ0n) is 10.0. The maximum absolute atomic E-state index is 11.7. The first kappa shape index (κ1) is 12.2. The van der Waals surface area contributed by atoms with E-state index in [1.807, 2.05) is 13.8 Å². The minimum Gasteiger partial charge on any atom is -0.272 e. The largest absolute Gasteiger partial charge is 0.287 e. The van der Waals surface area contributed by atoms with Gasteiger partial charge in [-0.05, 0) is 12.0 Å². The van der Waals surface area contributed by atoms with E-state index in [0.717, 1.165) is 11.9 Å². The first-order valence-electron chi connectivity index (χ1n) is 5.50. The third kappa shape index (κ3) is 2.20. The molecule has 2 rings (SSSR count). The predicted octanol–water partition coefficient (Wildman–Crippen LogP) is 1.74. The van der Waals surface area contributed by atoms with Crippen LogP contribution in [0.25, 0.3) is 0 Å². The van der Waals surface area contributed by atoms with Gasteiger partial charge < -0.3 is 0 Å². The zero-order chi connectivity index (χ0) is 13.3. The average Bonchev–Trinajstić information content (AvgIpc) is 2.71. The fraction of sp³-hybridized carbons (Fsp3) is 0.364. The third-order valence-corrected chi connectivity index (χ3v) is 2.62. The Hall–Kier alpha value is -2.31. The molecule has 0 unspecified atom stereocenters. The summed E-state index contributed by atoms with van der Waals surface area (Å²) in [7, 11) is 0. The highest BCUT2D eigenvalue weighted by atomic mass is 16.6. The van der Waals surface area contributed by atoms with Crippen LogP contribution in [0.4, 0.5) is 11.5 Å². The SMILES string of the molecule is CC(C)C1=NN(c2ccc([N+](=O)[O-])cn2)C(=O)C1. The highest BCUT2D eigenvalue weighted by Gasteiger charge is 2.27. The second kappa shape index (κ2) is 4.52. The molecule has 0 atom stereocenters. The van der Waals surface area contributed by atoms with Crippen LogP contribution in [0, 0.1) is 16.0 Å². The first-order valence-corrected chi connectivity index (χ1v) is 5.50. The normalized spacial score (nSPS) is 15.2. The lowest BCUT2D eigenvalue weighted by Crippen LogP contribution is -2.20. The van der Waals surface area contributed by atoms with Gasteiger partial charge in [0.2, 0.25) is 0 Å². The van der Waals surface area contributed by atoms with Crippen LogP contribution >= 0.6 is 0 Å². The van der Waals surface area contributed by atoms with E-state index in [-0.39, 0.29) is 23.9 Å². The quantitative estimate of drug-likeness (QED) is 0.602. The molecule has 1 amide bonds. The van der Waals surface area contributed by atoms with Gasteiger partial charge in [-0.3, -0.25) is 14.9 Å². The van der Waals surface area contributed by atoms with Crippen LogP contribution in [0.5, 0.6) is 0 Å². The van der Waals surface area contributed by atoms with Gasteiger partial charge in [0.1, 0.15) is 6.20 Å². The van der Waals surface area contributed by atoms with Gasteiger partial charge in [0, 0.05) is 6.07 Å². The smallest absolute Gasteiger partial charge is 0.272 e. The number of rotatable bonds is 3. The van der Waals surface area contributed by atoms with Crippen molar-refractivity contribution in [2.75, 3.05) is 5.01 Å². The van der Waals surface area contributed by atoms with Gasteiger partial charge in [0.25, 0.3) is 11.6 Å². The van der Waals surface area contributed by atoms with E-state index < -0.39 is 4.92 Å². The number of nitro groups is 1. The van der Waals surface area contributed by atoms with Crippen LogP contribution in [0.2, 0.25) is 0 Å². The molecule has 0 fully saturated rings. The summed E-state index contributed by atoms with van der Waals surface area (Å²) in [6.07, 6.45) is 1.39. The molecule has 0 aromatic carbocycles. The van der Waals surface area contributed by atoms with Crippen molar-refractivity contribution >= 4 is 23.1 Å². The third-order valence-electron chi connectivity index (χ3n) is 2.62. The van der Waals surface area contributed by atoms with Gasteiger partial charge in [-0.15, -0.1) is 0 Å². The van der Waals surface area contributed by atoms with Gasteiger partial charge in [-0.25, -0.2) is 4.98 Å². The Morgan fingerprint density at radius 3 is 2.61 bits per heavy atom. The second-order valence-corrected chi connectivity index (χ2v) is 4.26. The molecule has 94 valence electrons. The summed E-state index contributed by atoms with van der Waals surface area (Å²) < 4.78 is 0. The van der Waals surface area contributed by atoms with Crippen molar-refractivity contribution in [2.24, 2.45) is 11.0 Å². The molecule has 7 heteroatoms. The number of carbonyl (C=O) groups excluding carboxylic acids is 1. The molecular formula is C11H12N4O3. The predicted molar refractivity (Wildman–Crippen MR) is 65.3 cm³/mol. The molecule has 0 saturated heterocycles. The average molecular weight is 248 g/mol. The molecule has 0 aliphatic carbocycles. The number of carbonyl (C=O) groups is 1. The Morgan fingerprint density at radius 2 is 2.17 bits per heavy atom. The molecule has 2 heterocycles. The van der Waals surface area contributed by atoms with E-state index >= 15 is 0 Å². The standard InChI is InChI=1S/C11H12N4O3/c1-7(2)9-5-11(16)14(13-9)10-4-3-8(6-12-10)15(17)18/h3-4,6-7H,5H2,1-2H3. The van der Waals surface area contributed by atoms with Crippen molar-refractivity contribution in [2.45, 2.75) is 20.3 Å². The summed E-state index contributed by atoms with van der Waals surface area (Å²) in [5, 5.41) is 15.9. The minimum absolute atomic E-state index is 0.113. The lowest BCUT2D eigenvalue weighted by atomic mass is 10.1. The maximum atomic E-state index is 11.7. The van der Waals surface area contributed by atoms with Crippen molar-refractivity contribution in [1.29, 1.82) is 0 Å². The lowest BCUT2D eigenvalue weighted by molar-refractivity contribution is -0.385. The Bertz CT molecular complexity index is 522. The minimum atomic E-state index is -0.536. The second-order valence-electron chi connectivity index (χ2n) is 4.26. The van der Waals surface area contributed by atoms with Gasteiger partial charge in [0.05, 0.1) is 17.1 Å². The van der Waals surface area contributed by atoms with Crippen molar-refractivity contribution in [3.8, 4) is 0 Å². The molecule has 1 aliphatic heterocycles. The summed E-state index contributed by atoms with van der Waals surface area (Å²) in [6.45, 7) is 3.91. The van der Waals surface area contributed by atoms with Crippen LogP contribution in [0.1, 0.15) is 20.3 Å². The van der Waals surface area contributed by atoms with Gasteiger partial charge in [-0.2, -0.15) is 10.1 Å². The van der Waals surface area contributed by atoms with E-state index in [1.54, 1.807) is 0 Å². The fourth-order valence-corrected chi connectivity index (χ4v) is 1.56. The van der Waals surface area contributed by atoms with Crippen LogP contribution in [-0.2, 0) is 4.79 Å². The van der Waals surface area contributed by atoms with Crippen LogP contribution in [0.3, 0.4) is 0 Å².